The van der Waals surface area contributed by atoms with Crippen molar-refractivity contribution in [2.24, 2.45) is 0 Å². The van der Waals surface area contributed by atoms with Gasteiger partial charge in [0.1, 0.15) is 6.33 Å². The molecular formula is C12H9ClN4S. The summed E-state index contributed by atoms with van der Waals surface area (Å²) in [5, 5.41) is 0.688. The zero-order valence-corrected chi connectivity index (χ0v) is 10.9. The smallest absolute Gasteiger partial charge is 0.178 e. The lowest BCUT2D eigenvalue weighted by atomic mass is 10.3. The minimum absolute atomic E-state index is 0.614. The first-order valence-corrected chi connectivity index (χ1v) is 6.15. The second-order valence-corrected chi connectivity index (χ2v) is 4.70. The summed E-state index contributed by atoms with van der Waals surface area (Å²) in [5.74, 6) is 0. The fraction of sp³-hybridized carbons (Fsp3) is 0.0833. The molecule has 0 fully saturated rings. The second kappa shape index (κ2) is 4.51. The molecule has 0 bridgehead atoms. The average Bonchev–Trinajstić information content (AvgIpc) is 2.66. The molecule has 3 aromatic rings. The van der Waals surface area contributed by atoms with Gasteiger partial charge in [0.15, 0.2) is 4.77 Å². The highest BCUT2D eigenvalue weighted by atomic mass is 35.5. The first-order valence-electron chi connectivity index (χ1n) is 5.37. The van der Waals surface area contributed by atoms with Gasteiger partial charge in [-0.3, -0.25) is 0 Å². The van der Waals surface area contributed by atoms with Crippen molar-refractivity contribution in [3.8, 4) is 0 Å². The Morgan fingerprint density at radius 2 is 2.22 bits per heavy atom. The van der Waals surface area contributed by atoms with Crippen LogP contribution in [0.1, 0.15) is 5.69 Å². The van der Waals surface area contributed by atoms with E-state index < -0.39 is 0 Å². The summed E-state index contributed by atoms with van der Waals surface area (Å²) in [7, 11) is 0. The van der Waals surface area contributed by atoms with Gasteiger partial charge in [0.25, 0.3) is 0 Å². The van der Waals surface area contributed by atoms with Gasteiger partial charge in [-0.05, 0) is 36.5 Å². The van der Waals surface area contributed by atoms with Gasteiger partial charge in [0, 0.05) is 11.2 Å². The summed E-state index contributed by atoms with van der Waals surface area (Å²) in [4.78, 5) is 11.2. The fourth-order valence-electron chi connectivity index (χ4n) is 1.87. The number of rotatable bonds is 2. The molecule has 2 heterocycles. The molecule has 90 valence electrons. The van der Waals surface area contributed by atoms with Crippen molar-refractivity contribution < 1.29 is 0 Å². The monoisotopic (exact) mass is 276 g/mol. The lowest BCUT2D eigenvalue weighted by Gasteiger charge is -2.03. The number of fused-ring (bicyclic) bond motifs is 1. The fourth-order valence-corrected chi connectivity index (χ4v) is 2.31. The molecule has 18 heavy (non-hydrogen) atoms. The van der Waals surface area contributed by atoms with Crippen molar-refractivity contribution in [2.75, 3.05) is 0 Å². The minimum atomic E-state index is 0.614. The molecule has 0 aliphatic rings. The van der Waals surface area contributed by atoms with Crippen molar-refractivity contribution in [2.45, 2.75) is 6.54 Å². The number of aromatic amines is 1. The van der Waals surface area contributed by atoms with Gasteiger partial charge in [-0.25, -0.2) is 9.97 Å². The van der Waals surface area contributed by atoms with E-state index in [1.165, 1.54) is 6.33 Å². The zero-order chi connectivity index (χ0) is 12.5. The number of hydrogen-bond acceptors (Lipinski definition) is 3. The molecule has 0 aliphatic heterocycles. The van der Waals surface area contributed by atoms with E-state index in [2.05, 4.69) is 15.0 Å². The number of nitrogens with zero attached hydrogens (tertiary/aromatic N) is 3. The van der Waals surface area contributed by atoms with E-state index in [1.54, 1.807) is 6.20 Å². The van der Waals surface area contributed by atoms with Gasteiger partial charge >= 0.3 is 0 Å². The van der Waals surface area contributed by atoms with E-state index in [0.29, 0.717) is 16.3 Å². The third-order valence-electron chi connectivity index (χ3n) is 2.70. The molecular weight excluding hydrogens is 268 g/mol. The molecule has 2 aromatic heterocycles. The SMILES string of the molecule is S=c1[nH]c2cc(Cl)ccc2n1Cc1ccncn1. The predicted octanol–water partition coefficient (Wildman–Crippen LogP) is 3.19. The van der Waals surface area contributed by atoms with Gasteiger partial charge in [0.2, 0.25) is 0 Å². The molecule has 0 saturated carbocycles. The number of nitrogens with one attached hydrogen (secondary N) is 1. The van der Waals surface area contributed by atoms with Crippen molar-refractivity contribution in [1.82, 2.24) is 19.5 Å². The Hall–Kier alpha value is -1.72. The van der Waals surface area contributed by atoms with Gasteiger partial charge in [-0.15, -0.1) is 0 Å². The van der Waals surface area contributed by atoms with Crippen LogP contribution in [-0.2, 0) is 6.54 Å². The first-order chi connectivity index (χ1) is 8.74. The van der Waals surface area contributed by atoms with Gasteiger partial charge in [-0.1, -0.05) is 11.6 Å². The molecule has 4 nitrogen and oxygen atoms in total. The molecule has 0 atom stereocenters. The van der Waals surface area contributed by atoms with Crippen LogP contribution >= 0.6 is 23.8 Å². The normalized spacial score (nSPS) is 10.9. The Balaban J connectivity index is 2.12. The maximum Gasteiger partial charge on any atom is 0.178 e. The van der Waals surface area contributed by atoms with Crippen LogP contribution in [0.4, 0.5) is 0 Å². The van der Waals surface area contributed by atoms with Crippen LogP contribution in [0.25, 0.3) is 11.0 Å². The number of imidazole rings is 1. The maximum atomic E-state index is 5.96. The van der Waals surface area contributed by atoms with Crippen LogP contribution in [0.5, 0.6) is 0 Å². The highest BCUT2D eigenvalue weighted by Gasteiger charge is 2.05. The van der Waals surface area contributed by atoms with Gasteiger partial charge in [0.05, 0.1) is 23.3 Å². The molecule has 0 radical (unpaired) electrons. The number of aromatic nitrogens is 4. The maximum absolute atomic E-state index is 5.96. The Bertz CT molecular complexity index is 748. The Morgan fingerprint density at radius 1 is 1.33 bits per heavy atom. The number of benzene rings is 1. The summed E-state index contributed by atoms with van der Waals surface area (Å²) < 4.78 is 2.65. The molecule has 0 unspecified atom stereocenters. The third-order valence-corrected chi connectivity index (χ3v) is 3.26. The van der Waals surface area contributed by atoms with Crippen LogP contribution in [0, 0.1) is 4.77 Å². The van der Waals surface area contributed by atoms with Gasteiger partial charge < -0.3 is 9.55 Å². The molecule has 0 aliphatic carbocycles. The number of halogens is 1. The zero-order valence-electron chi connectivity index (χ0n) is 9.30. The van der Waals surface area contributed by atoms with Crippen LogP contribution in [-0.4, -0.2) is 19.5 Å². The Kier molecular flexibility index (Phi) is 2.85. The summed E-state index contributed by atoms with van der Waals surface area (Å²) in [6.45, 7) is 0.614. The van der Waals surface area contributed by atoms with E-state index in [0.717, 1.165) is 16.7 Å². The highest BCUT2D eigenvalue weighted by molar-refractivity contribution is 7.71. The van der Waals surface area contributed by atoms with Crippen LogP contribution in [0.2, 0.25) is 5.02 Å². The number of H-pyrrole nitrogens is 1. The Labute approximate surface area is 113 Å². The average molecular weight is 277 g/mol. The highest BCUT2D eigenvalue weighted by Crippen LogP contribution is 2.19. The molecule has 0 saturated heterocycles. The van der Waals surface area contributed by atoms with E-state index in [1.807, 2.05) is 28.8 Å². The van der Waals surface area contributed by atoms with E-state index in [-0.39, 0.29) is 0 Å². The largest absolute Gasteiger partial charge is 0.331 e. The summed E-state index contributed by atoms with van der Waals surface area (Å²) in [6, 6.07) is 7.54. The molecule has 3 rings (SSSR count). The summed E-state index contributed by atoms with van der Waals surface area (Å²) in [6.07, 6.45) is 3.25. The Morgan fingerprint density at radius 3 is 3.00 bits per heavy atom. The molecule has 1 aromatic carbocycles. The van der Waals surface area contributed by atoms with Crippen molar-refractivity contribution in [3.05, 3.63) is 52.3 Å². The lowest BCUT2D eigenvalue weighted by Crippen LogP contribution is -2.01. The minimum Gasteiger partial charge on any atom is -0.331 e. The van der Waals surface area contributed by atoms with Crippen molar-refractivity contribution in [1.29, 1.82) is 0 Å². The van der Waals surface area contributed by atoms with Crippen molar-refractivity contribution in [3.63, 3.8) is 0 Å². The van der Waals surface area contributed by atoms with Crippen LogP contribution < -0.4 is 0 Å². The lowest BCUT2D eigenvalue weighted by molar-refractivity contribution is 0.780. The molecule has 0 amide bonds. The number of hydrogen-bond donors (Lipinski definition) is 1. The van der Waals surface area contributed by atoms with E-state index >= 15 is 0 Å². The molecule has 0 spiro atoms. The summed E-state index contributed by atoms with van der Waals surface area (Å²) >= 11 is 11.3. The summed E-state index contributed by atoms with van der Waals surface area (Å²) in [5.41, 5.74) is 2.86. The van der Waals surface area contributed by atoms with Crippen molar-refractivity contribution >= 4 is 34.9 Å². The first kappa shape index (κ1) is 11.4. The van der Waals surface area contributed by atoms with Crippen LogP contribution in [0.3, 0.4) is 0 Å². The molecule has 1 N–H and O–H groups in total. The van der Waals surface area contributed by atoms with Crippen LogP contribution in [0.15, 0.2) is 36.8 Å². The quantitative estimate of drug-likeness (QED) is 0.731. The molecule has 6 heteroatoms. The van der Waals surface area contributed by atoms with Gasteiger partial charge in [-0.2, -0.15) is 0 Å². The second-order valence-electron chi connectivity index (χ2n) is 3.88. The van der Waals surface area contributed by atoms with E-state index in [4.69, 9.17) is 23.8 Å². The standard InChI is InChI=1S/C12H9ClN4S/c13-8-1-2-11-10(5-8)16-12(18)17(11)6-9-3-4-14-7-15-9/h1-5,7H,6H2,(H,16,18). The third kappa shape index (κ3) is 2.02. The van der Waals surface area contributed by atoms with E-state index in [9.17, 15) is 0 Å². The topological polar surface area (TPSA) is 46.5 Å². The predicted molar refractivity (Wildman–Crippen MR) is 73.3 cm³/mol.